The first-order valence-electron chi connectivity index (χ1n) is 6.62. The number of hydrogen-bond acceptors (Lipinski definition) is 2. The largest absolute Gasteiger partial charge is 0.374 e. The van der Waals surface area contributed by atoms with Crippen LogP contribution in [0, 0.1) is 11.8 Å². The van der Waals surface area contributed by atoms with Gasteiger partial charge >= 0.3 is 0 Å². The van der Waals surface area contributed by atoms with Crippen molar-refractivity contribution in [3.63, 3.8) is 0 Å². The average molecular weight is 225 g/mol. The van der Waals surface area contributed by atoms with Crippen LogP contribution < -0.4 is 5.32 Å². The van der Waals surface area contributed by atoms with E-state index in [0.29, 0.717) is 6.10 Å². The number of nitrogens with one attached hydrogen (secondary N) is 1. The molecular weight excluding hydrogens is 198 g/mol. The van der Waals surface area contributed by atoms with E-state index in [9.17, 15) is 0 Å². The van der Waals surface area contributed by atoms with Crippen molar-refractivity contribution >= 4 is 0 Å². The van der Waals surface area contributed by atoms with Crippen molar-refractivity contribution < 1.29 is 4.74 Å². The molecule has 0 saturated heterocycles. The number of rotatable bonds is 6. The van der Waals surface area contributed by atoms with Gasteiger partial charge < -0.3 is 10.1 Å². The molecule has 0 heterocycles. The van der Waals surface area contributed by atoms with Gasteiger partial charge in [-0.3, -0.25) is 0 Å². The van der Waals surface area contributed by atoms with E-state index >= 15 is 0 Å². The third kappa shape index (κ3) is 4.67. The number of likely N-dealkylation sites (N-methyl/N-ethyl adjacent to an activating group) is 1. The molecule has 3 atom stereocenters. The standard InChI is InChI=1S/C14H27NO/c1-5-15-9-11(2)10-16-14-7-6-12(3)13(4)8-14/h12-15H,2,5-10H2,1,3-4H3. The highest BCUT2D eigenvalue weighted by Crippen LogP contribution is 2.30. The van der Waals surface area contributed by atoms with Crippen LogP contribution in [-0.4, -0.2) is 25.8 Å². The van der Waals surface area contributed by atoms with E-state index in [0.717, 1.165) is 37.1 Å². The smallest absolute Gasteiger partial charge is 0.0690 e. The van der Waals surface area contributed by atoms with Crippen LogP contribution >= 0.6 is 0 Å². The first kappa shape index (κ1) is 13.7. The molecule has 0 aliphatic heterocycles. The highest BCUT2D eigenvalue weighted by atomic mass is 16.5. The van der Waals surface area contributed by atoms with Gasteiger partial charge in [-0.2, -0.15) is 0 Å². The maximum Gasteiger partial charge on any atom is 0.0690 e. The predicted octanol–water partition coefficient (Wildman–Crippen LogP) is 2.99. The lowest BCUT2D eigenvalue weighted by molar-refractivity contribution is 0.0138. The molecule has 0 bridgehead atoms. The first-order valence-corrected chi connectivity index (χ1v) is 6.62. The van der Waals surface area contributed by atoms with Gasteiger partial charge in [-0.15, -0.1) is 0 Å². The maximum atomic E-state index is 5.92. The lowest BCUT2D eigenvalue weighted by atomic mass is 9.80. The Hall–Kier alpha value is -0.340. The van der Waals surface area contributed by atoms with Gasteiger partial charge in [0.15, 0.2) is 0 Å². The van der Waals surface area contributed by atoms with Crippen LogP contribution in [0.2, 0.25) is 0 Å². The average Bonchev–Trinajstić information content (AvgIpc) is 2.28. The van der Waals surface area contributed by atoms with Crippen molar-refractivity contribution in [3.05, 3.63) is 12.2 Å². The molecule has 1 aliphatic rings. The molecule has 0 aromatic carbocycles. The van der Waals surface area contributed by atoms with Gasteiger partial charge in [0.2, 0.25) is 0 Å². The third-order valence-corrected chi connectivity index (χ3v) is 3.70. The van der Waals surface area contributed by atoms with E-state index < -0.39 is 0 Å². The van der Waals surface area contributed by atoms with Gasteiger partial charge in [0.1, 0.15) is 0 Å². The van der Waals surface area contributed by atoms with E-state index in [2.05, 4.69) is 32.7 Å². The summed E-state index contributed by atoms with van der Waals surface area (Å²) in [5.74, 6) is 1.67. The monoisotopic (exact) mass is 225 g/mol. The van der Waals surface area contributed by atoms with E-state index in [1.165, 1.54) is 19.3 Å². The molecule has 0 spiro atoms. The van der Waals surface area contributed by atoms with E-state index in [1.807, 2.05) is 0 Å². The molecule has 1 aliphatic carbocycles. The van der Waals surface area contributed by atoms with Crippen LogP contribution in [0.4, 0.5) is 0 Å². The summed E-state index contributed by atoms with van der Waals surface area (Å²) in [6, 6.07) is 0. The topological polar surface area (TPSA) is 21.3 Å². The summed E-state index contributed by atoms with van der Waals surface area (Å²) in [6.07, 6.45) is 4.21. The molecule has 0 aromatic heterocycles. The highest BCUT2D eigenvalue weighted by Gasteiger charge is 2.24. The fourth-order valence-electron chi connectivity index (χ4n) is 2.24. The fraction of sp³-hybridized carbons (Fsp3) is 0.857. The Bertz CT molecular complexity index is 215. The van der Waals surface area contributed by atoms with Crippen molar-refractivity contribution in [2.45, 2.75) is 46.1 Å². The number of ether oxygens (including phenoxy) is 1. The summed E-state index contributed by atoms with van der Waals surface area (Å²) in [5.41, 5.74) is 1.16. The van der Waals surface area contributed by atoms with Gasteiger partial charge in [-0.05, 0) is 43.2 Å². The molecule has 1 N–H and O–H groups in total. The van der Waals surface area contributed by atoms with Gasteiger partial charge in [0.05, 0.1) is 12.7 Å². The second-order valence-corrected chi connectivity index (χ2v) is 5.23. The lowest BCUT2D eigenvalue weighted by Crippen LogP contribution is -2.28. The van der Waals surface area contributed by atoms with Crippen LogP contribution in [-0.2, 0) is 4.74 Å². The number of hydrogen-bond donors (Lipinski definition) is 1. The predicted molar refractivity (Wildman–Crippen MR) is 69.6 cm³/mol. The summed E-state index contributed by atoms with van der Waals surface area (Å²) >= 11 is 0. The normalized spacial score (nSPS) is 30.3. The first-order chi connectivity index (χ1) is 7.63. The SMILES string of the molecule is C=C(CNCC)COC1CCC(C)C(C)C1. The van der Waals surface area contributed by atoms with Crippen molar-refractivity contribution in [2.75, 3.05) is 19.7 Å². The summed E-state index contributed by atoms with van der Waals surface area (Å²) in [7, 11) is 0. The van der Waals surface area contributed by atoms with Crippen LogP contribution in [0.1, 0.15) is 40.0 Å². The zero-order chi connectivity index (χ0) is 12.0. The molecule has 1 saturated carbocycles. The Morgan fingerprint density at radius 2 is 2.06 bits per heavy atom. The molecule has 2 heteroatoms. The molecule has 0 amide bonds. The summed E-state index contributed by atoms with van der Waals surface area (Å²) in [5, 5.41) is 3.27. The van der Waals surface area contributed by atoms with Crippen LogP contribution in [0.25, 0.3) is 0 Å². The third-order valence-electron chi connectivity index (χ3n) is 3.70. The Balaban J connectivity index is 2.15. The Labute approximate surface area is 100 Å². The summed E-state index contributed by atoms with van der Waals surface area (Å²) in [6.45, 7) is 13.4. The second-order valence-electron chi connectivity index (χ2n) is 5.23. The summed E-state index contributed by atoms with van der Waals surface area (Å²) < 4.78 is 5.92. The highest BCUT2D eigenvalue weighted by molar-refractivity contribution is 4.97. The molecule has 1 rings (SSSR count). The van der Waals surface area contributed by atoms with E-state index in [1.54, 1.807) is 0 Å². The molecular formula is C14H27NO. The quantitative estimate of drug-likeness (QED) is 0.702. The molecule has 16 heavy (non-hydrogen) atoms. The summed E-state index contributed by atoms with van der Waals surface area (Å²) in [4.78, 5) is 0. The molecule has 1 fully saturated rings. The Morgan fingerprint density at radius 1 is 1.31 bits per heavy atom. The molecule has 94 valence electrons. The molecule has 2 nitrogen and oxygen atoms in total. The lowest BCUT2D eigenvalue weighted by Gasteiger charge is -2.32. The van der Waals surface area contributed by atoms with E-state index in [4.69, 9.17) is 4.74 Å². The minimum atomic E-state index is 0.463. The zero-order valence-corrected chi connectivity index (χ0v) is 11.1. The van der Waals surface area contributed by atoms with Gasteiger partial charge in [-0.1, -0.05) is 27.4 Å². The minimum absolute atomic E-state index is 0.463. The molecule has 0 aromatic rings. The minimum Gasteiger partial charge on any atom is -0.374 e. The zero-order valence-electron chi connectivity index (χ0n) is 11.1. The molecule has 0 radical (unpaired) electrons. The van der Waals surface area contributed by atoms with Crippen molar-refractivity contribution in [1.29, 1.82) is 0 Å². The maximum absolute atomic E-state index is 5.92. The van der Waals surface area contributed by atoms with Gasteiger partial charge in [0, 0.05) is 6.54 Å². The Kier molecular flexibility index (Phi) is 6.07. The van der Waals surface area contributed by atoms with Crippen LogP contribution in [0.5, 0.6) is 0 Å². The van der Waals surface area contributed by atoms with E-state index in [-0.39, 0.29) is 0 Å². The second kappa shape index (κ2) is 7.08. The van der Waals surface area contributed by atoms with Crippen LogP contribution in [0.3, 0.4) is 0 Å². The fourth-order valence-corrected chi connectivity index (χ4v) is 2.24. The Morgan fingerprint density at radius 3 is 2.69 bits per heavy atom. The van der Waals surface area contributed by atoms with Crippen LogP contribution in [0.15, 0.2) is 12.2 Å². The van der Waals surface area contributed by atoms with Crippen molar-refractivity contribution in [2.24, 2.45) is 11.8 Å². The van der Waals surface area contributed by atoms with Crippen molar-refractivity contribution in [3.8, 4) is 0 Å². The van der Waals surface area contributed by atoms with Gasteiger partial charge in [-0.25, -0.2) is 0 Å². The van der Waals surface area contributed by atoms with Crippen molar-refractivity contribution in [1.82, 2.24) is 5.32 Å². The van der Waals surface area contributed by atoms with Gasteiger partial charge in [0.25, 0.3) is 0 Å². The molecule has 3 unspecified atom stereocenters.